The Morgan fingerprint density at radius 3 is 2.61 bits per heavy atom. The Kier molecular flexibility index (Phi) is 5.17. The Morgan fingerprint density at radius 1 is 1.39 bits per heavy atom. The van der Waals surface area contributed by atoms with Gasteiger partial charge < -0.3 is 11.1 Å². The van der Waals surface area contributed by atoms with Crippen LogP contribution in [0.5, 0.6) is 0 Å². The molecule has 0 aliphatic heterocycles. The largest absolute Gasteiger partial charge is 0.354 e. The molecule has 0 unspecified atom stereocenters. The second-order valence-electron chi connectivity index (χ2n) is 4.94. The van der Waals surface area contributed by atoms with E-state index < -0.39 is 5.54 Å². The minimum absolute atomic E-state index is 0. The Balaban J connectivity index is 0.00000162. The second-order valence-corrected chi connectivity index (χ2v) is 4.94. The minimum atomic E-state index is -0.578. The van der Waals surface area contributed by atoms with E-state index in [4.69, 9.17) is 5.73 Å². The van der Waals surface area contributed by atoms with Crippen LogP contribution in [-0.2, 0) is 11.2 Å². The summed E-state index contributed by atoms with van der Waals surface area (Å²) in [5, 5.41) is 2.94. The zero-order valence-corrected chi connectivity index (χ0v) is 11.6. The quantitative estimate of drug-likeness (QED) is 0.877. The smallest absolute Gasteiger partial charge is 0.240 e. The molecule has 1 aromatic carbocycles. The van der Waals surface area contributed by atoms with Gasteiger partial charge in [0.25, 0.3) is 0 Å². The van der Waals surface area contributed by atoms with Crippen molar-refractivity contribution in [1.29, 1.82) is 0 Å². The molecular weight excluding hydrogens is 248 g/mol. The average Bonchev–Trinajstić information content (AvgIpc) is 2.28. The Labute approximate surface area is 115 Å². The van der Waals surface area contributed by atoms with Gasteiger partial charge in [-0.2, -0.15) is 0 Å². The monoisotopic (exact) mass is 268 g/mol. The Bertz CT molecular complexity index is 416. The van der Waals surface area contributed by atoms with Gasteiger partial charge in [0, 0.05) is 6.54 Å². The zero-order chi connectivity index (χ0) is 12.3. The number of hydrogen-bond donors (Lipinski definition) is 2. The molecule has 0 bridgehead atoms. The summed E-state index contributed by atoms with van der Waals surface area (Å²) in [5.74, 6) is 0.0114. The van der Waals surface area contributed by atoms with Crippen molar-refractivity contribution in [3.05, 3.63) is 35.4 Å². The van der Waals surface area contributed by atoms with Crippen LogP contribution in [0.2, 0.25) is 0 Å². The van der Waals surface area contributed by atoms with Gasteiger partial charge in [0.05, 0.1) is 5.54 Å². The lowest BCUT2D eigenvalue weighted by molar-refractivity contribution is -0.129. The lowest BCUT2D eigenvalue weighted by Gasteiger charge is -2.36. The van der Waals surface area contributed by atoms with Crippen LogP contribution in [0.1, 0.15) is 30.4 Å². The van der Waals surface area contributed by atoms with Crippen molar-refractivity contribution in [1.82, 2.24) is 5.32 Å². The molecule has 0 heterocycles. The molecule has 2 rings (SSSR count). The van der Waals surface area contributed by atoms with Crippen LogP contribution in [-0.4, -0.2) is 18.0 Å². The summed E-state index contributed by atoms with van der Waals surface area (Å²) >= 11 is 0. The molecule has 1 aromatic rings. The normalized spacial score (nSPS) is 16.3. The average molecular weight is 269 g/mol. The number of benzene rings is 1. The number of rotatable bonds is 4. The molecule has 100 valence electrons. The molecule has 0 aromatic heterocycles. The molecule has 1 aliphatic carbocycles. The third-order valence-electron chi connectivity index (χ3n) is 3.64. The van der Waals surface area contributed by atoms with Crippen LogP contribution in [0.3, 0.4) is 0 Å². The number of nitrogens with two attached hydrogens (primary N) is 1. The van der Waals surface area contributed by atoms with E-state index in [-0.39, 0.29) is 18.3 Å². The van der Waals surface area contributed by atoms with E-state index >= 15 is 0 Å². The topological polar surface area (TPSA) is 55.1 Å². The second kappa shape index (κ2) is 6.21. The molecule has 0 atom stereocenters. The van der Waals surface area contributed by atoms with Crippen LogP contribution in [0.15, 0.2) is 24.3 Å². The standard InChI is InChI=1S/C14H20N2O.ClH/c1-11-5-2-3-6-12(11)7-10-16-13(17)14(15)8-4-9-14;/h2-3,5-6H,4,7-10,15H2,1H3,(H,16,17);1H. The van der Waals surface area contributed by atoms with Crippen molar-refractivity contribution in [2.75, 3.05) is 6.54 Å². The predicted octanol–water partition coefficient (Wildman–Crippen LogP) is 1.96. The van der Waals surface area contributed by atoms with Gasteiger partial charge in [0.1, 0.15) is 0 Å². The summed E-state index contributed by atoms with van der Waals surface area (Å²) in [4.78, 5) is 11.8. The highest BCUT2D eigenvalue weighted by atomic mass is 35.5. The van der Waals surface area contributed by atoms with Gasteiger partial charge >= 0.3 is 0 Å². The number of carbonyl (C=O) groups excluding carboxylic acids is 1. The first-order valence-electron chi connectivity index (χ1n) is 6.23. The van der Waals surface area contributed by atoms with Gasteiger partial charge in [0.2, 0.25) is 5.91 Å². The molecule has 1 amide bonds. The maximum absolute atomic E-state index is 11.8. The summed E-state index contributed by atoms with van der Waals surface area (Å²) in [6, 6.07) is 8.25. The third kappa shape index (κ3) is 3.24. The van der Waals surface area contributed by atoms with E-state index in [0.717, 1.165) is 25.7 Å². The Hall–Kier alpha value is -1.06. The van der Waals surface area contributed by atoms with Gasteiger partial charge in [0.15, 0.2) is 0 Å². The molecule has 3 N–H and O–H groups in total. The van der Waals surface area contributed by atoms with Crippen LogP contribution in [0.25, 0.3) is 0 Å². The number of hydrogen-bond acceptors (Lipinski definition) is 2. The number of aryl methyl sites for hydroxylation is 1. The molecule has 1 fully saturated rings. The summed E-state index contributed by atoms with van der Waals surface area (Å²) in [6.45, 7) is 2.76. The first-order valence-corrected chi connectivity index (χ1v) is 6.23. The highest BCUT2D eigenvalue weighted by Crippen LogP contribution is 2.28. The summed E-state index contributed by atoms with van der Waals surface area (Å²) in [5.41, 5.74) is 7.92. The fraction of sp³-hybridized carbons (Fsp3) is 0.500. The van der Waals surface area contributed by atoms with Gasteiger partial charge in [-0.25, -0.2) is 0 Å². The van der Waals surface area contributed by atoms with Crippen LogP contribution >= 0.6 is 12.4 Å². The highest BCUT2D eigenvalue weighted by molar-refractivity contribution is 5.87. The highest BCUT2D eigenvalue weighted by Gasteiger charge is 2.39. The van der Waals surface area contributed by atoms with Gasteiger partial charge in [-0.05, 0) is 43.7 Å². The van der Waals surface area contributed by atoms with Crippen LogP contribution in [0, 0.1) is 6.92 Å². The molecule has 1 saturated carbocycles. The van der Waals surface area contributed by atoms with E-state index in [2.05, 4.69) is 24.4 Å². The van der Waals surface area contributed by atoms with Crippen molar-refractivity contribution in [3.8, 4) is 0 Å². The van der Waals surface area contributed by atoms with Gasteiger partial charge in [-0.3, -0.25) is 4.79 Å². The molecule has 3 nitrogen and oxygen atoms in total. The van der Waals surface area contributed by atoms with Crippen molar-refractivity contribution in [2.45, 2.75) is 38.1 Å². The number of nitrogens with one attached hydrogen (secondary N) is 1. The van der Waals surface area contributed by atoms with E-state index in [0.29, 0.717) is 6.54 Å². The number of halogens is 1. The van der Waals surface area contributed by atoms with E-state index in [9.17, 15) is 4.79 Å². The molecule has 18 heavy (non-hydrogen) atoms. The van der Waals surface area contributed by atoms with Gasteiger partial charge in [-0.1, -0.05) is 24.3 Å². The van der Waals surface area contributed by atoms with Crippen molar-refractivity contribution in [2.24, 2.45) is 5.73 Å². The fourth-order valence-electron chi connectivity index (χ4n) is 2.16. The van der Waals surface area contributed by atoms with Crippen molar-refractivity contribution >= 4 is 18.3 Å². The summed E-state index contributed by atoms with van der Waals surface area (Å²) in [7, 11) is 0. The van der Waals surface area contributed by atoms with E-state index in [1.807, 2.05) is 12.1 Å². The number of carbonyl (C=O) groups is 1. The minimum Gasteiger partial charge on any atom is -0.354 e. The van der Waals surface area contributed by atoms with Crippen LogP contribution in [0.4, 0.5) is 0 Å². The Morgan fingerprint density at radius 2 is 2.06 bits per heavy atom. The molecule has 0 radical (unpaired) electrons. The number of amides is 1. The lowest BCUT2D eigenvalue weighted by atomic mass is 9.77. The van der Waals surface area contributed by atoms with Crippen molar-refractivity contribution < 1.29 is 4.79 Å². The maximum atomic E-state index is 11.8. The molecule has 4 heteroatoms. The van der Waals surface area contributed by atoms with Crippen LogP contribution < -0.4 is 11.1 Å². The zero-order valence-electron chi connectivity index (χ0n) is 10.7. The molecule has 0 saturated heterocycles. The van der Waals surface area contributed by atoms with Crippen molar-refractivity contribution in [3.63, 3.8) is 0 Å². The van der Waals surface area contributed by atoms with Gasteiger partial charge in [-0.15, -0.1) is 12.4 Å². The fourth-order valence-corrected chi connectivity index (χ4v) is 2.16. The lowest BCUT2D eigenvalue weighted by Crippen LogP contribution is -2.58. The molecule has 0 spiro atoms. The third-order valence-corrected chi connectivity index (χ3v) is 3.64. The first-order chi connectivity index (χ1) is 8.12. The molecular formula is C14H21ClN2O. The maximum Gasteiger partial charge on any atom is 0.240 e. The summed E-state index contributed by atoms with van der Waals surface area (Å²) in [6.07, 6.45) is 3.59. The molecule has 1 aliphatic rings. The SMILES string of the molecule is Cc1ccccc1CCNC(=O)C1(N)CCC1.Cl. The van der Waals surface area contributed by atoms with E-state index in [1.54, 1.807) is 0 Å². The predicted molar refractivity (Wildman–Crippen MR) is 75.9 cm³/mol. The van der Waals surface area contributed by atoms with E-state index in [1.165, 1.54) is 11.1 Å². The first kappa shape index (κ1) is 15.0. The summed E-state index contributed by atoms with van der Waals surface area (Å²) < 4.78 is 0.